The van der Waals surface area contributed by atoms with Gasteiger partial charge in [-0.1, -0.05) is 0 Å². The molecule has 0 radical (unpaired) electrons. The molecule has 1 rings (SSSR count). The number of aliphatic hydroxyl groups is 1. The highest BCUT2D eigenvalue weighted by Gasteiger charge is 2.48. The van der Waals surface area contributed by atoms with Gasteiger partial charge in [0.25, 0.3) is 0 Å². The quantitative estimate of drug-likeness (QED) is 0.692. The largest absolute Gasteiger partial charge is 0.455 e. The van der Waals surface area contributed by atoms with E-state index in [1.807, 2.05) is 0 Å². The molecule has 1 saturated heterocycles. The van der Waals surface area contributed by atoms with Gasteiger partial charge in [0.2, 0.25) is 0 Å². The molecule has 0 aromatic heterocycles. The normalized spacial score (nSPS) is 35.9. The van der Waals surface area contributed by atoms with E-state index in [1.165, 1.54) is 21.0 Å². The van der Waals surface area contributed by atoms with Gasteiger partial charge in [0.1, 0.15) is 6.10 Å². The van der Waals surface area contributed by atoms with Crippen LogP contribution in [0.5, 0.6) is 0 Å². The molecule has 7 heteroatoms. The lowest BCUT2D eigenvalue weighted by molar-refractivity contribution is -0.288. The molecule has 1 aliphatic heterocycles. The lowest BCUT2D eigenvalue weighted by Gasteiger charge is -2.41. The predicted octanol–water partition coefficient (Wildman–Crippen LogP) is -0.398. The summed E-state index contributed by atoms with van der Waals surface area (Å²) in [5, 5.41) is 9.74. The number of rotatable bonds is 3. The fourth-order valence-electron chi connectivity index (χ4n) is 1.96. The van der Waals surface area contributed by atoms with Crippen LogP contribution in [0.1, 0.15) is 20.8 Å². The van der Waals surface area contributed by atoms with Gasteiger partial charge < -0.3 is 24.1 Å². The molecule has 0 bridgehead atoms. The minimum absolute atomic E-state index is 0.499. The second-order valence-corrected chi connectivity index (χ2v) is 4.08. The molecule has 0 saturated carbocycles. The van der Waals surface area contributed by atoms with Crippen LogP contribution in [0.15, 0.2) is 0 Å². The van der Waals surface area contributed by atoms with Gasteiger partial charge in [-0.25, -0.2) is 0 Å². The maximum Gasteiger partial charge on any atom is 0.303 e. The van der Waals surface area contributed by atoms with Crippen LogP contribution in [0.4, 0.5) is 0 Å². The van der Waals surface area contributed by atoms with E-state index in [4.69, 9.17) is 18.9 Å². The van der Waals surface area contributed by atoms with Crippen LogP contribution in [0.3, 0.4) is 0 Å². The van der Waals surface area contributed by atoms with Crippen molar-refractivity contribution in [3.05, 3.63) is 0 Å². The van der Waals surface area contributed by atoms with E-state index < -0.39 is 42.6 Å². The molecule has 0 aliphatic carbocycles. The molecule has 0 aromatic carbocycles. The molecule has 1 fully saturated rings. The predicted molar refractivity (Wildman–Crippen MR) is 58.5 cm³/mol. The van der Waals surface area contributed by atoms with E-state index in [0.717, 1.165) is 0 Å². The molecule has 7 nitrogen and oxygen atoms in total. The zero-order chi connectivity index (χ0) is 13.9. The van der Waals surface area contributed by atoms with Gasteiger partial charge >= 0.3 is 11.9 Å². The van der Waals surface area contributed by atoms with Crippen LogP contribution in [0, 0.1) is 0 Å². The Bertz CT molecular complexity index is 317. The van der Waals surface area contributed by atoms with E-state index >= 15 is 0 Å². The van der Waals surface area contributed by atoms with Crippen molar-refractivity contribution in [2.24, 2.45) is 0 Å². The second-order valence-electron chi connectivity index (χ2n) is 4.08. The number of methoxy groups -OCH3 is 1. The molecule has 1 heterocycles. The monoisotopic (exact) mass is 262 g/mol. The molecule has 1 N–H and O–H groups in total. The van der Waals surface area contributed by atoms with Crippen molar-refractivity contribution >= 4 is 11.9 Å². The van der Waals surface area contributed by atoms with Crippen LogP contribution in [-0.2, 0) is 28.5 Å². The Morgan fingerprint density at radius 2 is 1.56 bits per heavy atom. The van der Waals surface area contributed by atoms with Crippen molar-refractivity contribution in [1.29, 1.82) is 0 Å². The molecule has 5 unspecified atom stereocenters. The second kappa shape index (κ2) is 6.12. The summed E-state index contributed by atoms with van der Waals surface area (Å²) in [6.45, 7) is 4.08. The van der Waals surface area contributed by atoms with Crippen LogP contribution in [0.25, 0.3) is 0 Å². The van der Waals surface area contributed by atoms with Gasteiger partial charge in [-0.05, 0) is 6.92 Å². The van der Waals surface area contributed by atoms with Crippen LogP contribution in [0.2, 0.25) is 0 Å². The number of ether oxygens (including phenoxy) is 4. The Morgan fingerprint density at radius 3 is 2.00 bits per heavy atom. The molecule has 0 amide bonds. The van der Waals surface area contributed by atoms with Gasteiger partial charge in [0.05, 0.1) is 6.10 Å². The standard InChI is InChI=1S/C11H18O7/c1-5-8(15-4)9(17-6(2)12)10(11(14)16-5)18-7(3)13/h5,8-11,14H,1-4H3. The Hall–Kier alpha value is -1.18. The minimum Gasteiger partial charge on any atom is -0.455 e. The fourth-order valence-corrected chi connectivity index (χ4v) is 1.96. The first-order valence-electron chi connectivity index (χ1n) is 5.57. The SMILES string of the molecule is COC1C(C)OC(O)C(OC(C)=O)C1OC(C)=O. The fraction of sp³-hybridized carbons (Fsp3) is 0.818. The highest BCUT2D eigenvalue weighted by Crippen LogP contribution is 2.26. The zero-order valence-electron chi connectivity index (χ0n) is 10.8. The maximum absolute atomic E-state index is 11.1. The molecule has 0 aromatic rings. The number of hydrogen-bond donors (Lipinski definition) is 1. The molecular formula is C11H18O7. The summed E-state index contributed by atoms with van der Waals surface area (Å²) < 4.78 is 20.3. The van der Waals surface area contributed by atoms with Crippen molar-refractivity contribution in [3.8, 4) is 0 Å². The van der Waals surface area contributed by atoms with Crippen molar-refractivity contribution in [3.63, 3.8) is 0 Å². The van der Waals surface area contributed by atoms with Gasteiger partial charge in [-0.2, -0.15) is 0 Å². The highest BCUT2D eigenvalue weighted by atomic mass is 16.7. The van der Waals surface area contributed by atoms with Crippen LogP contribution in [-0.4, -0.2) is 54.9 Å². The lowest BCUT2D eigenvalue weighted by Crippen LogP contribution is -2.59. The van der Waals surface area contributed by atoms with Crippen molar-refractivity contribution in [2.75, 3.05) is 7.11 Å². The smallest absolute Gasteiger partial charge is 0.303 e. The first kappa shape index (κ1) is 14.9. The van der Waals surface area contributed by atoms with Crippen molar-refractivity contribution < 1.29 is 33.6 Å². The average Bonchev–Trinajstić information content (AvgIpc) is 2.23. The number of aliphatic hydroxyl groups excluding tert-OH is 1. The Labute approximate surface area is 105 Å². The summed E-state index contributed by atoms with van der Waals surface area (Å²) in [4.78, 5) is 22.1. The van der Waals surface area contributed by atoms with E-state index in [9.17, 15) is 14.7 Å². The first-order chi connectivity index (χ1) is 8.36. The number of carbonyl (C=O) groups excluding carboxylic acids is 2. The minimum atomic E-state index is -1.36. The summed E-state index contributed by atoms with van der Waals surface area (Å²) in [6, 6.07) is 0. The summed E-state index contributed by atoms with van der Waals surface area (Å²) in [5.74, 6) is -1.16. The molecule has 1 aliphatic rings. The molecule has 104 valence electrons. The van der Waals surface area contributed by atoms with Gasteiger partial charge in [0.15, 0.2) is 18.5 Å². The average molecular weight is 262 g/mol. The molecular weight excluding hydrogens is 244 g/mol. The van der Waals surface area contributed by atoms with Crippen LogP contribution < -0.4 is 0 Å². The third kappa shape index (κ3) is 3.41. The van der Waals surface area contributed by atoms with Crippen molar-refractivity contribution in [2.45, 2.75) is 51.5 Å². The summed E-state index contributed by atoms with van der Waals surface area (Å²) in [6.07, 6.45) is -4.50. The zero-order valence-corrected chi connectivity index (χ0v) is 10.8. The van der Waals surface area contributed by atoms with Crippen LogP contribution >= 0.6 is 0 Å². The van der Waals surface area contributed by atoms with Gasteiger partial charge in [-0.3, -0.25) is 9.59 Å². The summed E-state index contributed by atoms with van der Waals surface area (Å²) in [5.41, 5.74) is 0. The van der Waals surface area contributed by atoms with E-state index in [1.54, 1.807) is 6.92 Å². The number of hydrogen-bond acceptors (Lipinski definition) is 7. The highest BCUT2D eigenvalue weighted by molar-refractivity contribution is 5.67. The topological polar surface area (TPSA) is 91.3 Å². The Kier molecular flexibility index (Phi) is 5.06. The van der Waals surface area contributed by atoms with E-state index in [-0.39, 0.29) is 0 Å². The van der Waals surface area contributed by atoms with Crippen molar-refractivity contribution in [1.82, 2.24) is 0 Å². The molecule has 0 spiro atoms. The molecule has 18 heavy (non-hydrogen) atoms. The summed E-state index contributed by atoms with van der Waals surface area (Å²) >= 11 is 0. The van der Waals surface area contributed by atoms with E-state index in [0.29, 0.717) is 0 Å². The maximum atomic E-state index is 11.1. The van der Waals surface area contributed by atoms with Gasteiger partial charge in [0, 0.05) is 21.0 Å². The Balaban J connectivity index is 2.93. The third-order valence-corrected chi connectivity index (χ3v) is 2.62. The lowest BCUT2D eigenvalue weighted by atomic mass is 9.99. The summed E-state index contributed by atoms with van der Waals surface area (Å²) in [7, 11) is 1.42. The first-order valence-corrected chi connectivity index (χ1v) is 5.57. The number of esters is 2. The molecule has 5 atom stereocenters. The Morgan fingerprint density at radius 1 is 1.06 bits per heavy atom. The third-order valence-electron chi connectivity index (χ3n) is 2.62. The van der Waals surface area contributed by atoms with E-state index in [2.05, 4.69) is 0 Å². The number of carbonyl (C=O) groups is 2. The van der Waals surface area contributed by atoms with Gasteiger partial charge in [-0.15, -0.1) is 0 Å².